The highest BCUT2D eigenvalue weighted by molar-refractivity contribution is 6.28. The zero-order chi connectivity index (χ0) is 10.1. The summed E-state index contributed by atoms with van der Waals surface area (Å²) in [5, 5.41) is 0.219. The molecular weight excluding hydrogens is 202 g/mol. The van der Waals surface area contributed by atoms with Gasteiger partial charge in [0.25, 0.3) is 0 Å². The van der Waals surface area contributed by atoms with E-state index in [4.69, 9.17) is 22.1 Å². The first-order valence-electron chi connectivity index (χ1n) is 4.54. The van der Waals surface area contributed by atoms with Crippen LogP contribution < -0.4 is 10.5 Å². The van der Waals surface area contributed by atoms with E-state index in [1.54, 1.807) is 13.3 Å². The standard InChI is InChI=1S/C9H12ClN3O/c1-14-6-4-12-9(10)13-8(6)7(11)5-2-3-5/h4-5,7H,2-3,11H2,1H3. The van der Waals surface area contributed by atoms with E-state index in [0.717, 1.165) is 18.5 Å². The molecule has 1 heterocycles. The minimum absolute atomic E-state index is 0.0783. The van der Waals surface area contributed by atoms with E-state index in [2.05, 4.69) is 9.97 Å². The molecule has 0 amide bonds. The molecule has 1 saturated carbocycles. The Morgan fingerprint density at radius 3 is 2.93 bits per heavy atom. The molecule has 1 aromatic heterocycles. The molecule has 1 aliphatic carbocycles. The van der Waals surface area contributed by atoms with Crippen LogP contribution in [-0.2, 0) is 0 Å². The van der Waals surface area contributed by atoms with E-state index in [1.807, 2.05) is 0 Å². The summed E-state index contributed by atoms with van der Waals surface area (Å²) in [4.78, 5) is 7.96. The average Bonchev–Trinajstić information content (AvgIpc) is 3.00. The SMILES string of the molecule is COc1cnc(Cl)nc1C(N)C1CC1. The largest absolute Gasteiger partial charge is 0.493 e. The number of hydrogen-bond donors (Lipinski definition) is 1. The second kappa shape index (κ2) is 3.71. The summed E-state index contributed by atoms with van der Waals surface area (Å²) >= 11 is 5.71. The summed E-state index contributed by atoms with van der Waals surface area (Å²) in [7, 11) is 1.58. The molecule has 1 aromatic rings. The Labute approximate surface area is 87.4 Å². The minimum Gasteiger partial charge on any atom is -0.493 e. The monoisotopic (exact) mass is 213 g/mol. The zero-order valence-electron chi connectivity index (χ0n) is 7.90. The quantitative estimate of drug-likeness (QED) is 0.774. The highest BCUT2D eigenvalue weighted by Gasteiger charge is 2.32. The molecule has 0 saturated heterocycles. The molecule has 76 valence electrons. The number of rotatable bonds is 3. The van der Waals surface area contributed by atoms with Gasteiger partial charge in [0, 0.05) is 0 Å². The van der Waals surface area contributed by atoms with Gasteiger partial charge >= 0.3 is 0 Å². The van der Waals surface area contributed by atoms with Crippen molar-refractivity contribution >= 4 is 11.6 Å². The lowest BCUT2D eigenvalue weighted by Crippen LogP contribution is -2.15. The van der Waals surface area contributed by atoms with Crippen molar-refractivity contribution in [3.8, 4) is 5.75 Å². The van der Waals surface area contributed by atoms with Crippen molar-refractivity contribution in [1.82, 2.24) is 9.97 Å². The molecule has 1 aliphatic rings. The van der Waals surface area contributed by atoms with Crippen LogP contribution in [0.1, 0.15) is 24.6 Å². The van der Waals surface area contributed by atoms with Gasteiger partial charge in [0.15, 0.2) is 5.75 Å². The van der Waals surface area contributed by atoms with Gasteiger partial charge in [-0.15, -0.1) is 0 Å². The van der Waals surface area contributed by atoms with Crippen molar-refractivity contribution in [2.24, 2.45) is 11.7 Å². The molecule has 14 heavy (non-hydrogen) atoms. The lowest BCUT2D eigenvalue weighted by atomic mass is 10.1. The highest BCUT2D eigenvalue weighted by Crippen LogP contribution is 2.41. The van der Waals surface area contributed by atoms with Crippen molar-refractivity contribution in [2.45, 2.75) is 18.9 Å². The van der Waals surface area contributed by atoms with Crippen LogP contribution in [0.25, 0.3) is 0 Å². The van der Waals surface area contributed by atoms with E-state index in [0.29, 0.717) is 11.7 Å². The van der Waals surface area contributed by atoms with Gasteiger partial charge < -0.3 is 10.5 Å². The lowest BCUT2D eigenvalue weighted by Gasteiger charge is -2.13. The minimum atomic E-state index is -0.0783. The zero-order valence-corrected chi connectivity index (χ0v) is 8.66. The second-order valence-corrected chi connectivity index (χ2v) is 3.79. The number of ether oxygens (including phenoxy) is 1. The van der Waals surface area contributed by atoms with Gasteiger partial charge in [0.1, 0.15) is 5.69 Å². The first kappa shape index (κ1) is 9.68. The van der Waals surface area contributed by atoms with Crippen LogP contribution in [0.2, 0.25) is 5.28 Å². The maximum absolute atomic E-state index is 6.02. The van der Waals surface area contributed by atoms with Crippen LogP contribution in [-0.4, -0.2) is 17.1 Å². The van der Waals surface area contributed by atoms with E-state index >= 15 is 0 Å². The van der Waals surface area contributed by atoms with Crippen molar-refractivity contribution in [1.29, 1.82) is 0 Å². The Morgan fingerprint density at radius 2 is 2.36 bits per heavy atom. The smallest absolute Gasteiger partial charge is 0.222 e. The summed E-state index contributed by atoms with van der Waals surface area (Å²) in [6.45, 7) is 0. The number of halogens is 1. The Bertz CT molecular complexity index is 341. The Kier molecular flexibility index (Phi) is 2.56. The fraction of sp³-hybridized carbons (Fsp3) is 0.556. The van der Waals surface area contributed by atoms with Crippen molar-refractivity contribution in [3.63, 3.8) is 0 Å². The third-order valence-electron chi connectivity index (χ3n) is 2.42. The highest BCUT2D eigenvalue weighted by atomic mass is 35.5. The van der Waals surface area contributed by atoms with Crippen molar-refractivity contribution < 1.29 is 4.74 Å². The van der Waals surface area contributed by atoms with Crippen LogP contribution in [0.4, 0.5) is 0 Å². The van der Waals surface area contributed by atoms with Crippen LogP contribution in [0, 0.1) is 5.92 Å². The van der Waals surface area contributed by atoms with Gasteiger partial charge in [-0.3, -0.25) is 0 Å². The van der Waals surface area contributed by atoms with Gasteiger partial charge in [-0.1, -0.05) is 0 Å². The first-order chi connectivity index (χ1) is 6.72. The topological polar surface area (TPSA) is 61.0 Å². The summed E-state index contributed by atoms with van der Waals surface area (Å²) in [5.41, 5.74) is 6.73. The average molecular weight is 214 g/mol. The van der Waals surface area contributed by atoms with Crippen molar-refractivity contribution in [2.75, 3.05) is 7.11 Å². The Morgan fingerprint density at radius 1 is 1.64 bits per heavy atom. The van der Waals surface area contributed by atoms with Gasteiger partial charge in [-0.05, 0) is 30.4 Å². The predicted octanol–water partition coefficient (Wildman–Crippen LogP) is 1.55. The van der Waals surface area contributed by atoms with Crippen LogP contribution in [0.15, 0.2) is 6.20 Å². The Balaban J connectivity index is 2.32. The molecule has 2 N–H and O–H groups in total. The molecule has 1 unspecified atom stereocenters. The molecule has 2 rings (SSSR count). The second-order valence-electron chi connectivity index (χ2n) is 3.46. The molecule has 4 nitrogen and oxygen atoms in total. The van der Waals surface area contributed by atoms with Crippen LogP contribution in [0.5, 0.6) is 5.75 Å². The Hall–Kier alpha value is -0.870. The normalized spacial score (nSPS) is 17.9. The van der Waals surface area contributed by atoms with Crippen molar-refractivity contribution in [3.05, 3.63) is 17.2 Å². The summed E-state index contributed by atoms with van der Waals surface area (Å²) in [6.07, 6.45) is 3.88. The van der Waals surface area contributed by atoms with E-state index < -0.39 is 0 Å². The number of methoxy groups -OCH3 is 1. The number of nitrogens with zero attached hydrogens (tertiary/aromatic N) is 2. The molecular formula is C9H12ClN3O. The van der Waals surface area contributed by atoms with Crippen LogP contribution in [0.3, 0.4) is 0 Å². The third-order valence-corrected chi connectivity index (χ3v) is 2.60. The third kappa shape index (κ3) is 1.81. The van der Waals surface area contributed by atoms with E-state index in [9.17, 15) is 0 Å². The molecule has 0 spiro atoms. The predicted molar refractivity (Wildman–Crippen MR) is 53.2 cm³/mol. The van der Waals surface area contributed by atoms with E-state index in [-0.39, 0.29) is 11.3 Å². The van der Waals surface area contributed by atoms with Gasteiger partial charge in [0.2, 0.25) is 5.28 Å². The molecule has 5 heteroatoms. The molecule has 0 aliphatic heterocycles. The number of hydrogen-bond acceptors (Lipinski definition) is 4. The van der Waals surface area contributed by atoms with Crippen LogP contribution >= 0.6 is 11.6 Å². The number of nitrogens with two attached hydrogens (primary N) is 1. The molecule has 0 bridgehead atoms. The summed E-state index contributed by atoms with van der Waals surface area (Å²) in [5.74, 6) is 1.14. The molecule has 0 radical (unpaired) electrons. The molecule has 1 fully saturated rings. The molecule has 0 aromatic carbocycles. The summed E-state index contributed by atoms with van der Waals surface area (Å²) < 4.78 is 5.14. The summed E-state index contributed by atoms with van der Waals surface area (Å²) in [6, 6.07) is -0.0783. The first-order valence-corrected chi connectivity index (χ1v) is 4.92. The maximum atomic E-state index is 6.02. The lowest BCUT2D eigenvalue weighted by molar-refractivity contribution is 0.396. The van der Waals surface area contributed by atoms with Gasteiger partial charge in [-0.25, -0.2) is 9.97 Å². The number of aromatic nitrogens is 2. The molecule has 1 atom stereocenters. The van der Waals surface area contributed by atoms with Gasteiger partial charge in [-0.2, -0.15) is 0 Å². The fourth-order valence-electron chi connectivity index (χ4n) is 1.44. The van der Waals surface area contributed by atoms with E-state index in [1.165, 1.54) is 0 Å². The maximum Gasteiger partial charge on any atom is 0.222 e. The fourth-order valence-corrected chi connectivity index (χ4v) is 1.58. The van der Waals surface area contributed by atoms with Gasteiger partial charge in [0.05, 0.1) is 19.3 Å².